The molecule has 12 nitrogen and oxygen atoms in total. The van der Waals surface area contributed by atoms with Crippen molar-refractivity contribution < 1.29 is 60.0 Å². The van der Waals surface area contributed by atoms with Crippen molar-refractivity contribution in [3.63, 3.8) is 0 Å². The fraction of sp³-hybridized carbons (Fsp3) is 0.500. The molecule has 120 valence electrons. The van der Waals surface area contributed by atoms with Gasteiger partial charge < -0.3 is 60.0 Å². The van der Waals surface area contributed by atoms with Crippen LogP contribution in [-0.4, -0.2) is 88.3 Å². The summed E-state index contributed by atoms with van der Waals surface area (Å²) in [6.07, 6.45) is 0. The summed E-state index contributed by atoms with van der Waals surface area (Å²) >= 11 is 0. The molecule has 0 aromatic rings. The molecule has 0 aliphatic rings. The third-order valence-corrected chi connectivity index (χ3v) is 0.516. The van der Waals surface area contributed by atoms with Gasteiger partial charge in [0, 0.05) is 0 Å². The Bertz CT molecular complexity index is 222. The van der Waals surface area contributed by atoms with Gasteiger partial charge in [-0.25, -0.2) is 0 Å². The van der Waals surface area contributed by atoms with Gasteiger partial charge in [0.05, 0.1) is 50.3 Å². The number of carbonyl (C=O) groups is 4. The number of hydrogen-bond donors (Lipinski definition) is 4. The van der Waals surface area contributed by atoms with Gasteiger partial charge in [-0.05, 0) is 0 Å². The number of carboxylic acids is 4. The van der Waals surface area contributed by atoms with Crippen molar-refractivity contribution in [1.82, 2.24) is 0 Å². The molecule has 0 fully saturated rings. The maximum Gasteiger partial charge on any atom is 4.00 e. The summed E-state index contributed by atoms with van der Waals surface area (Å²) in [4.78, 5) is 36.0. The van der Waals surface area contributed by atoms with E-state index in [1.807, 2.05) is 0 Å². The number of aliphatic hydroxyl groups excluding tert-OH is 4. The van der Waals surface area contributed by atoms with Crippen LogP contribution in [0, 0.1) is 0 Å². The van der Waals surface area contributed by atoms with Crippen LogP contribution in [0.5, 0.6) is 0 Å². The van der Waals surface area contributed by atoms with Gasteiger partial charge in [-0.1, -0.05) is 0 Å². The summed E-state index contributed by atoms with van der Waals surface area (Å²) in [7, 11) is 0. The number of rotatable bonds is 4. The molecule has 0 heterocycles. The van der Waals surface area contributed by atoms with E-state index < -0.39 is 50.3 Å². The zero-order valence-corrected chi connectivity index (χ0v) is 12.5. The first kappa shape index (κ1) is 31.6. The van der Waals surface area contributed by atoms with Gasteiger partial charge >= 0.3 is 17.6 Å². The second kappa shape index (κ2) is 26.8. The monoisotopic (exact) mass is 374 g/mol. The summed E-state index contributed by atoms with van der Waals surface area (Å²) in [5.41, 5.74) is 0. The number of carboxylic acid groups (broad SMARTS) is 4. The van der Waals surface area contributed by atoms with E-state index in [4.69, 9.17) is 60.0 Å². The van der Waals surface area contributed by atoms with Crippen LogP contribution in [-0.2, 0) is 19.2 Å². The molecule has 0 radical (unpaired) electrons. The number of hydrogen-bond acceptors (Lipinski definition) is 12. The molecule has 0 saturated carbocycles. The molecule has 0 aromatic carbocycles. The Balaban J connectivity index is -0.0000000533. The Labute approximate surface area is 128 Å². The molecule has 0 amide bonds. The molecule has 0 saturated heterocycles. The summed E-state index contributed by atoms with van der Waals surface area (Å²) < 4.78 is 0. The Morgan fingerprint density at radius 2 is 0.571 bits per heavy atom. The number of aliphatic carboxylic acids is 4. The second-order valence-electron chi connectivity index (χ2n) is 2.12. The van der Waals surface area contributed by atoms with Gasteiger partial charge in [0.2, 0.25) is 0 Å². The van der Waals surface area contributed by atoms with Gasteiger partial charge in [0.1, 0.15) is 0 Å². The minimum absolute atomic E-state index is 0. The Kier molecular flexibility index (Phi) is 40.2. The Hall–Kier alpha value is -1.74. The zero-order valence-electron chi connectivity index (χ0n) is 10.4. The Morgan fingerprint density at radius 3 is 0.571 bits per heavy atom. The molecule has 21 heavy (non-hydrogen) atoms. The van der Waals surface area contributed by atoms with Crippen molar-refractivity contribution >= 4 is 41.5 Å². The van der Waals surface area contributed by atoms with Crippen molar-refractivity contribution in [2.45, 2.75) is 0 Å². The van der Waals surface area contributed by atoms with E-state index >= 15 is 0 Å². The first-order valence-corrected chi connectivity index (χ1v) is 4.31. The van der Waals surface area contributed by atoms with E-state index in [2.05, 4.69) is 0 Å². The fourth-order valence-electron chi connectivity index (χ4n) is 0. The molecule has 13 heteroatoms. The fourth-order valence-corrected chi connectivity index (χ4v) is 0. The second-order valence-corrected chi connectivity index (χ2v) is 2.12. The molecule has 0 unspecified atom stereocenters. The predicted molar refractivity (Wildman–Crippen MR) is 54.1 cm³/mol. The minimum Gasteiger partial charge on any atom is -0.548 e. The summed E-state index contributed by atoms with van der Waals surface area (Å²) in [5.74, 6) is -5.76. The summed E-state index contributed by atoms with van der Waals surface area (Å²) in [6.45, 7) is -3.56. The smallest absolute Gasteiger partial charge is 0.548 e. The van der Waals surface area contributed by atoms with Crippen LogP contribution in [0.4, 0.5) is 0 Å². The Morgan fingerprint density at radius 1 is 0.524 bits per heavy atom. The maximum atomic E-state index is 9.01. The molecule has 0 aliphatic heterocycles. The van der Waals surface area contributed by atoms with Crippen LogP contribution in [0.1, 0.15) is 0 Å². The van der Waals surface area contributed by atoms with Crippen molar-refractivity contribution in [1.29, 1.82) is 0 Å². The average Bonchev–Trinajstić information content (AvgIpc) is 2.40. The van der Waals surface area contributed by atoms with Crippen LogP contribution in [0.2, 0.25) is 0 Å². The van der Waals surface area contributed by atoms with Gasteiger partial charge in [0.25, 0.3) is 0 Å². The van der Waals surface area contributed by atoms with E-state index in [1.165, 1.54) is 0 Å². The zero-order chi connectivity index (χ0) is 17.1. The number of aliphatic hydroxyl groups is 4. The molecule has 0 rings (SSSR count). The first-order valence-electron chi connectivity index (χ1n) is 4.31. The van der Waals surface area contributed by atoms with Crippen molar-refractivity contribution in [2.75, 3.05) is 26.4 Å². The standard InChI is InChI=1S/4C2H4O3.Ge/c4*3-1-2(4)5;/h4*3H,1H2,(H,4,5);/q;;;;+4/p-4. The maximum absolute atomic E-state index is 9.01. The topological polar surface area (TPSA) is 241 Å². The van der Waals surface area contributed by atoms with E-state index in [-0.39, 0.29) is 17.6 Å². The first-order chi connectivity index (χ1) is 9.08. The van der Waals surface area contributed by atoms with Gasteiger partial charge in [0.15, 0.2) is 0 Å². The van der Waals surface area contributed by atoms with Gasteiger partial charge in [-0.3, -0.25) is 0 Å². The molecule has 0 atom stereocenters. The van der Waals surface area contributed by atoms with Crippen LogP contribution < -0.4 is 20.4 Å². The summed E-state index contributed by atoms with van der Waals surface area (Å²) in [6, 6.07) is 0. The predicted octanol–water partition coefficient (Wildman–Crippen LogP) is -9.47. The van der Waals surface area contributed by atoms with Crippen molar-refractivity contribution in [2.24, 2.45) is 0 Å². The van der Waals surface area contributed by atoms with Crippen molar-refractivity contribution in [3.05, 3.63) is 0 Å². The van der Waals surface area contributed by atoms with Crippen LogP contribution in [0.3, 0.4) is 0 Å². The minimum atomic E-state index is -1.44. The van der Waals surface area contributed by atoms with E-state index in [0.29, 0.717) is 0 Å². The SMILES string of the molecule is O=C([O-])CO.O=C([O-])CO.O=C([O-])CO.O=C([O-])CO.[Ge+4]. The van der Waals surface area contributed by atoms with Crippen molar-refractivity contribution in [3.8, 4) is 0 Å². The van der Waals surface area contributed by atoms with Gasteiger partial charge in [-0.15, -0.1) is 0 Å². The molecule has 0 aromatic heterocycles. The van der Waals surface area contributed by atoms with Gasteiger partial charge in [-0.2, -0.15) is 0 Å². The van der Waals surface area contributed by atoms with Crippen LogP contribution in [0.25, 0.3) is 0 Å². The molecule has 0 aliphatic carbocycles. The largest absolute Gasteiger partial charge is 4.00 e. The third-order valence-electron chi connectivity index (χ3n) is 0.516. The molecule has 0 spiro atoms. The van der Waals surface area contributed by atoms with Crippen LogP contribution >= 0.6 is 0 Å². The van der Waals surface area contributed by atoms with Crippen LogP contribution in [0.15, 0.2) is 0 Å². The average molecular weight is 373 g/mol. The quantitative estimate of drug-likeness (QED) is 0.336. The van der Waals surface area contributed by atoms with E-state index in [1.54, 1.807) is 0 Å². The summed E-state index contributed by atoms with van der Waals surface area (Å²) in [5, 5.41) is 66.0. The van der Waals surface area contributed by atoms with E-state index in [0.717, 1.165) is 0 Å². The number of carbonyl (C=O) groups excluding carboxylic acids is 4. The molecular weight excluding hydrogens is 361 g/mol. The molecule has 0 bridgehead atoms. The molecule has 4 N–H and O–H groups in total. The third kappa shape index (κ3) is 123. The van der Waals surface area contributed by atoms with E-state index in [9.17, 15) is 0 Å². The normalized spacial score (nSPS) is 7.05. The molecular formula is C8H12GeO12.